The minimum Gasteiger partial charge on any atom is -0.478 e. The monoisotopic (exact) mass is 290 g/mol. The van der Waals surface area contributed by atoms with Gasteiger partial charge in [-0.05, 0) is 24.6 Å². The smallest absolute Gasteiger partial charge is 0.330 e. The number of carbonyl (C=O) groups excluding carboxylic acids is 1. The summed E-state index contributed by atoms with van der Waals surface area (Å²) in [4.78, 5) is 20.5. The van der Waals surface area contributed by atoms with Crippen LogP contribution in [0.2, 0.25) is 0 Å². The molecule has 1 aliphatic rings. The van der Waals surface area contributed by atoms with Crippen LogP contribution >= 0.6 is 0 Å². The van der Waals surface area contributed by atoms with E-state index in [0.29, 0.717) is 18.5 Å². The van der Waals surface area contributed by atoms with Gasteiger partial charge in [0.05, 0.1) is 5.71 Å². The average molecular weight is 290 g/mol. The minimum atomic E-state index is -1.000. The zero-order valence-electron chi connectivity index (χ0n) is 11.7. The molecule has 112 valence electrons. The van der Waals surface area contributed by atoms with Gasteiger partial charge in [0.1, 0.15) is 0 Å². The number of rotatable bonds is 2. The lowest BCUT2D eigenvalue weighted by molar-refractivity contribution is -0.131. The number of hydrazone groups is 1. The summed E-state index contributed by atoms with van der Waals surface area (Å²) in [5.41, 5.74) is 16.0. The maximum Gasteiger partial charge on any atom is 0.330 e. The number of allylic oxidation sites excluding steroid dienone is 1. The third-order valence-electron chi connectivity index (χ3n) is 2.50. The second-order valence-corrected chi connectivity index (χ2v) is 4.44. The molecule has 0 fully saturated rings. The first-order valence-electron chi connectivity index (χ1n) is 6.26. The van der Waals surface area contributed by atoms with Crippen LogP contribution in [-0.2, 0) is 9.59 Å². The van der Waals surface area contributed by atoms with Crippen LogP contribution in [0.3, 0.4) is 0 Å². The second-order valence-electron chi connectivity index (χ2n) is 4.44. The number of carboxylic acids is 1. The molecule has 21 heavy (non-hydrogen) atoms. The maximum atomic E-state index is 10.9. The Labute approximate surface area is 122 Å². The summed E-state index contributed by atoms with van der Waals surface area (Å²) in [6.45, 7) is 1.52. The van der Waals surface area contributed by atoms with E-state index >= 15 is 0 Å². The van der Waals surface area contributed by atoms with Gasteiger partial charge >= 0.3 is 5.97 Å². The van der Waals surface area contributed by atoms with Crippen LogP contribution in [0.25, 0.3) is 0 Å². The lowest BCUT2D eigenvalue weighted by Crippen LogP contribution is -2.25. The number of amides is 1. The van der Waals surface area contributed by atoms with Crippen LogP contribution in [-0.4, -0.2) is 22.7 Å². The van der Waals surface area contributed by atoms with Gasteiger partial charge in [0, 0.05) is 30.3 Å². The van der Waals surface area contributed by atoms with Crippen molar-refractivity contribution in [3.05, 3.63) is 41.6 Å². The summed E-state index contributed by atoms with van der Waals surface area (Å²) < 4.78 is 0. The Hall–Kier alpha value is -2.83. The SMILES string of the molecule is CC(N)=CC(=O)O.Nc1ccc(C2=NNC(=O)CC2)cc1. The highest BCUT2D eigenvalue weighted by atomic mass is 16.4. The molecule has 0 bridgehead atoms. The third-order valence-corrected chi connectivity index (χ3v) is 2.50. The fraction of sp³-hybridized carbons (Fsp3) is 0.214. The fourth-order valence-corrected chi connectivity index (χ4v) is 1.55. The number of nitrogens with zero attached hydrogens (tertiary/aromatic N) is 1. The maximum absolute atomic E-state index is 10.9. The number of nitrogen functional groups attached to an aromatic ring is 1. The molecule has 1 aliphatic heterocycles. The topological polar surface area (TPSA) is 131 Å². The van der Waals surface area contributed by atoms with Crippen molar-refractivity contribution in [3.8, 4) is 0 Å². The van der Waals surface area contributed by atoms with Gasteiger partial charge in [-0.2, -0.15) is 5.10 Å². The number of carbonyl (C=O) groups is 2. The van der Waals surface area contributed by atoms with E-state index < -0.39 is 5.97 Å². The standard InChI is InChI=1S/C10H11N3O.C4H7NO2/c11-8-3-1-7(2-4-8)9-5-6-10(14)13-12-9;1-3(5)2-4(6)7/h1-4H,5-6,11H2,(H,13,14);2H,5H2,1H3,(H,6,7). The molecule has 0 unspecified atom stereocenters. The van der Waals surface area contributed by atoms with Crippen molar-refractivity contribution >= 4 is 23.3 Å². The summed E-state index contributed by atoms with van der Waals surface area (Å²) in [5.74, 6) is -1.02. The lowest BCUT2D eigenvalue weighted by Gasteiger charge is -2.11. The molecule has 0 atom stereocenters. The highest BCUT2D eigenvalue weighted by Crippen LogP contribution is 2.11. The first-order chi connectivity index (χ1) is 9.88. The van der Waals surface area contributed by atoms with E-state index in [-0.39, 0.29) is 5.91 Å². The van der Waals surface area contributed by atoms with E-state index in [4.69, 9.17) is 16.6 Å². The van der Waals surface area contributed by atoms with Crippen molar-refractivity contribution in [3.63, 3.8) is 0 Å². The number of anilines is 1. The molecule has 0 saturated carbocycles. The first kappa shape index (κ1) is 16.2. The van der Waals surface area contributed by atoms with Crippen molar-refractivity contribution in [2.24, 2.45) is 10.8 Å². The van der Waals surface area contributed by atoms with Crippen LogP contribution in [0.15, 0.2) is 41.1 Å². The van der Waals surface area contributed by atoms with Crippen molar-refractivity contribution in [2.75, 3.05) is 5.73 Å². The van der Waals surface area contributed by atoms with Crippen LogP contribution in [0.5, 0.6) is 0 Å². The lowest BCUT2D eigenvalue weighted by atomic mass is 10.0. The zero-order chi connectivity index (χ0) is 15.8. The molecule has 0 radical (unpaired) electrons. The van der Waals surface area contributed by atoms with E-state index in [9.17, 15) is 9.59 Å². The number of nitrogens with one attached hydrogen (secondary N) is 1. The number of carboxylic acid groups (broad SMARTS) is 1. The quantitative estimate of drug-likeness (QED) is 0.473. The van der Waals surface area contributed by atoms with Crippen LogP contribution < -0.4 is 16.9 Å². The van der Waals surface area contributed by atoms with Gasteiger partial charge in [-0.15, -0.1) is 0 Å². The van der Waals surface area contributed by atoms with Gasteiger partial charge < -0.3 is 16.6 Å². The Balaban J connectivity index is 0.000000270. The molecule has 0 aliphatic carbocycles. The molecular formula is C14H18N4O3. The molecule has 1 amide bonds. The van der Waals surface area contributed by atoms with Gasteiger partial charge in [0.15, 0.2) is 0 Å². The van der Waals surface area contributed by atoms with Gasteiger partial charge in [0.2, 0.25) is 5.91 Å². The minimum absolute atomic E-state index is 0.0239. The number of benzene rings is 1. The van der Waals surface area contributed by atoms with Crippen molar-refractivity contribution in [2.45, 2.75) is 19.8 Å². The van der Waals surface area contributed by atoms with E-state index in [1.165, 1.54) is 6.92 Å². The largest absolute Gasteiger partial charge is 0.478 e. The Morgan fingerprint density at radius 3 is 2.33 bits per heavy atom. The van der Waals surface area contributed by atoms with Gasteiger partial charge in [-0.25, -0.2) is 10.2 Å². The number of hydrogen-bond donors (Lipinski definition) is 4. The van der Waals surface area contributed by atoms with Gasteiger partial charge in [0.25, 0.3) is 0 Å². The Kier molecular flexibility index (Phi) is 5.94. The number of nitrogens with two attached hydrogens (primary N) is 2. The zero-order valence-corrected chi connectivity index (χ0v) is 11.7. The molecule has 6 N–H and O–H groups in total. The summed E-state index contributed by atoms with van der Waals surface area (Å²) >= 11 is 0. The molecule has 1 heterocycles. The van der Waals surface area contributed by atoms with Crippen LogP contribution in [0, 0.1) is 0 Å². The summed E-state index contributed by atoms with van der Waals surface area (Å²) in [6, 6.07) is 7.47. The third kappa shape index (κ3) is 6.24. The molecule has 1 aromatic carbocycles. The highest BCUT2D eigenvalue weighted by Gasteiger charge is 2.12. The van der Waals surface area contributed by atoms with Crippen molar-refractivity contribution in [1.29, 1.82) is 0 Å². The molecule has 2 rings (SSSR count). The number of aliphatic carboxylic acids is 1. The van der Waals surface area contributed by atoms with Gasteiger partial charge in [-0.3, -0.25) is 4.79 Å². The normalized spacial score (nSPS) is 14.4. The molecule has 7 nitrogen and oxygen atoms in total. The molecule has 7 heteroatoms. The molecule has 1 aromatic rings. The van der Waals surface area contributed by atoms with E-state index in [2.05, 4.69) is 10.5 Å². The van der Waals surface area contributed by atoms with Crippen molar-refractivity contribution in [1.82, 2.24) is 5.43 Å². The van der Waals surface area contributed by atoms with Crippen molar-refractivity contribution < 1.29 is 14.7 Å². The Morgan fingerprint density at radius 1 is 1.33 bits per heavy atom. The van der Waals surface area contributed by atoms with E-state index in [1.807, 2.05) is 24.3 Å². The molecular weight excluding hydrogens is 272 g/mol. The second kappa shape index (κ2) is 7.68. The number of hydrogen-bond acceptors (Lipinski definition) is 5. The first-order valence-corrected chi connectivity index (χ1v) is 6.26. The highest BCUT2D eigenvalue weighted by molar-refractivity contribution is 6.04. The predicted molar refractivity (Wildman–Crippen MR) is 80.3 cm³/mol. The van der Waals surface area contributed by atoms with Gasteiger partial charge in [-0.1, -0.05) is 12.1 Å². The summed E-state index contributed by atoms with van der Waals surface area (Å²) in [7, 11) is 0. The van der Waals surface area contributed by atoms with E-state index in [1.54, 1.807) is 0 Å². The van der Waals surface area contributed by atoms with Crippen LogP contribution in [0.1, 0.15) is 25.3 Å². The molecule has 0 aromatic heterocycles. The molecule has 0 saturated heterocycles. The predicted octanol–water partition coefficient (Wildman–Crippen LogP) is 0.816. The van der Waals surface area contributed by atoms with E-state index in [0.717, 1.165) is 23.0 Å². The summed E-state index contributed by atoms with van der Waals surface area (Å²) in [5, 5.41) is 11.9. The fourth-order valence-electron chi connectivity index (χ4n) is 1.55. The molecule has 0 spiro atoms. The summed E-state index contributed by atoms with van der Waals surface area (Å²) in [6.07, 6.45) is 2.14. The average Bonchev–Trinajstić information content (AvgIpc) is 2.40. The Morgan fingerprint density at radius 2 is 1.95 bits per heavy atom. The Bertz CT molecular complexity index is 572. The van der Waals surface area contributed by atoms with Crippen LogP contribution in [0.4, 0.5) is 5.69 Å².